The Kier molecular flexibility index (Phi) is 4.25. The van der Waals surface area contributed by atoms with Gasteiger partial charge in [0.25, 0.3) is 0 Å². The van der Waals surface area contributed by atoms with Crippen LogP contribution in [0.2, 0.25) is 0 Å². The molecule has 2 atom stereocenters. The lowest BCUT2D eigenvalue weighted by Gasteiger charge is -2.37. The minimum absolute atomic E-state index is 0.0202. The van der Waals surface area contributed by atoms with Gasteiger partial charge in [-0.05, 0) is 49.6 Å². The molecule has 108 valence electrons. The fourth-order valence-electron chi connectivity index (χ4n) is 3.15. The fraction of sp³-hybridized carbons (Fsp3) is 0.562. The minimum Gasteiger partial charge on any atom is -0.374 e. The van der Waals surface area contributed by atoms with E-state index in [0.29, 0.717) is 5.78 Å². The second-order valence-corrected chi connectivity index (χ2v) is 7.81. The number of hydrogen-bond donors (Lipinski definition) is 0. The number of hydrogen-bond acceptors (Lipinski definition) is 3. The molecule has 2 unspecified atom stereocenters. The van der Waals surface area contributed by atoms with Crippen molar-refractivity contribution in [1.82, 2.24) is 0 Å². The predicted octanol–water partition coefficient (Wildman–Crippen LogP) is 4.24. The van der Waals surface area contributed by atoms with Gasteiger partial charge in [-0.3, -0.25) is 4.79 Å². The van der Waals surface area contributed by atoms with Crippen LogP contribution in [0.4, 0.5) is 0 Å². The van der Waals surface area contributed by atoms with Crippen molar-refractivity contribution < 1.29 is 9.53 Å². The topological polar surface area (TPSA) is 26.3 Å². The molecular weight excluding hydrogens is 336 g/mol. The van der Waals surface area contributed by atoms with E-state index in [1.54, 1.807) is 0 Å². The molecule has 2 saturated heterocycles. The molecule has 0 amide bonds. The molecule has 2 aliphatic heterocycles. The summed E-state index contributed by atoms with van der Waals surface area (Å²) in [5.41, 5.74) is 1.95. The molecule has 0 aromatic heterocycles. The molecule has 0 saturated carbocycles. The van der Waals surface area contributed by atoms with Gasteiger partial charge in [-0.15, -0.1) is 0 Å². The Bertz CT molecular complexity index is 523. The van der Waals surface area contributed by atoms with Gasteiger partial charge in [-0.1, -0.05) is 22.0 Å². The third-order valence-electron chi connectivity index (χ3n) is 4.37. The zero-order valence-electron chi connectivity index (χ0n) is 11.7. The summed E-state index contributed by atoms with van der Waals surface area (Å²) in [6.45, 7) is 2.76. The van der Waals surface area contributed by atoms with Gasteiger partial charge in [0.1, 0.15) is 0 Å². The molecule has 1 aromatic rings. The van der Waals surface area contributed by atoms with Crippen molar-refractivity contribution in [1.29, 1.82) is 0 Å². The van der Waals surface area contributed by atoms with Crippen LogP contribution in [-0.4, -0.2) is 29.5 Å². The summed E-state index contributed by atoms with van der Waals surface area (Å²) < 4.78 is 7.06. The van der Waals surface area contributed by atoms with Crippen LogP contribution in [0.3, 0.4) is 0 Å². The van der Waals surface area contributed by atoms with Gasteiger partial charge in [0.05, 0.1) is 5.60 Å². The molecule has 0 N–H and O–H groups in total. The first kappa shape index (κ1) is 14.6. The third-order valence-corrected chi connectivity index (χ3v) is 6.49. The van der Waals surface area contributed by atoms with Crippen molar-refractivity contribution in [3.05, 3.63) is 33.8 Å². The van der Waals surface area contributed by atoms with Gasteiger partial charge in [0.2, 0.25) is 0 Å². The lowest BCUT2D eigenvalue weighted by Crippen LogP contribution is -2.42. The summed E-state index contributed by atoms with van der Waals surface area (Å²) in [5, 5.41) is 0. The molecule has 0 aliphatic carbocycles. The Labute approximate surface area is 132 Å². The summed E-state index contributed by atoms with van der Waals surface area (Å²) in [6.07, 6.45) is 2.86. The van der Waals surface area contributed by atoms with Gasteiger partial charge >= 0.3 is 0 Å². The lowest BCUT2D eigenvalue weighted by molar-refractivity contribution is -0.0734. The number of rotatable bonds is 2. The van der Waals surface area contributed by atoms with E-state index < -0.39 is 0 Å². The van der Waals surface area contributed by atoms with Crippen molar-refractivity contribution >= 4 is 33.5 Å². The highest BCUT2D eigenvalue weighted by Gasteiger charge is 2.42. The van der Waals surface area contributed by atoms with E-state index in [0.717, 1.165) is 53.0 Å². The Morgan fingerprint density at radius 3 is 3.05 bits per heavy atom. The first-order valence-corrected chi connectivity index (χ1v) is 9.06. The Balaban J connectivity index is 1.77. The maximum Gasteiger partial charge on any atom is 0.166 e. The van der Waals surface area contributed by atoms with E-state index in [-0.39, 0.29) is 11.5 Å². The zero-order valence-corrected chi connectivity index (χ0v) is 14.1. The maximum absolute atomic E-state index is 12.7. The van der Waals surface area contributed by atoms with E-state index in [9.17, 15) is 4.79 Å². The monoisotopic (exact) mass is 354 g/mol. The second kappa shape index (κ2) is 5.82. The largest absolute Gasteiger partial charge is 0.374 e. The smallest absolute Gasteiger partial charge is 0.166 e. The highest BCUT2D eigenvalue weighted by Crippen LogP contribution is 2.41. The average Bonchev–Trinajstić information content (AvgIpc) is 2.89. The molecular formula is C16H19BrO2S. The molecule has 4 heteroatoms. The van der Waals surface area contributed by atoms with E-state index in [1.807, 2.05) is 36.9 Å². The number of aryl methyl sites for hydroxylation is 1. The zero-order chi connectivity index (χ0) is 14.2. The molecule has 0 radical (unpaired) electrons. The standard InChI is InChI=1S/C16H19BrO2S/c1-11-8-12(2-3-14(11)17)15(18)13-4-6-19-16(9-13)5-7-20-10-16/h2-3,8,13H,4-7,9-10H2,1H3. The van der Waals surface area contributed by atoms with Gasteiger partial charge < -0.3 is 4.74 Å². The molecule has 2 heterocycles. The van der Waals surface area contributed by atoms with Crippen molar-refractivity contribution in [3.8, 4) is 0 Å². The van der Waals surface area contributed by atoms with Gasteiger partial charge in [0.15, 0.2) is 5.78 Å². The highest BCUT2D eigenvalue weighted by molar-refractivity contribution is 9.10. The van der Waals surface area contributed by atoms with Crippen LogP contribution in [0, 0.1) is 12.8 Å². The van der Waals surface area contributed by atoms with Crippen LogP contribution in [0.15, 0.2) is 22.7 Å². The molecule has 1 spiro atoms. The number of carbonyl (C=O) groups excluding carboxylic acids is 1. The van der Waals surface area contributed by atoms with Crippen LogP contribution in [-0.2, 0) is 4.74 Å². The second-order valence-electron chi connectivity index (χ2n) is 5.85. The molecule has 2 fully saturated rings. The first-order valence-electron chi connectivity index (χ1n) is 7.12. The van der Waals surface area contributed by atoms with Crippen LogP contribution < -0.4 is 0 Å². The normalized spacial score (nSPS) is 29.8. The van der Waals surface area contributed by atoms with E-state index in [2.05, 4.69) is 15.9 Å². The summed E-state index contributed by atoms with van der Waals surface area (Å²) >= 11 is 5.44. The SMILES string of the molecule is Cc1cc(C(=O)C2CCOC3(CCSC3)C2)ccc1Br. The van der Waals surface area contributed by atoms with E-state index in [4.69, 9.17) is 4.74 Å². The van der Waals surface area contributed by atoms with E-state index >= 15 is 0 Å². The maximum atomic E-state index is 12.7. The number of Topliss-reactive ketones (excluding diaryl/α,β-unsaturated/α-hetero) is 1. The third kappa shape index (κ3) is 2.83. The van der Waals surface area contributed by atoms with Crippen LogP contribution >= 0.6 is 27.7 Å². The summed E-state index contributed by atoms with van der Waals surface area (Å²) in [4.78, 5) is 12.7. The number of carbonyl (C=O) groups is 1. The lowest BCUT2D eigenvalue weighted by atomic mass is 9.81. The summed E-state index contributed by atoms with van der Waals surface area (Å²) in [5.74, 6) is 2.64. The molecule has 0 bridgehead atoms. The molecule has 1 aromatic carbocycles. The summed E-state index contributed by atoms with van der Waals surface area (Å²) in [7, 11) is 0. The van der Waals surface area contributed by atoms with Crippen LogP contribution in [0.1, 0.15) is 35.2 Å². The van der Waals surface area contributed by atoms with Crippen molar-refractivity contribution in [2.75, 3.05) is 18.1 Å². The average molecular weight is 355 g/mol. The van der Waals surface area contributed by atoms with Crippen molar-refractivity contribution in [2.45, 2.75) is 31.8 Å². The van der Waals surface area contributed by atoms with Crippen molar-refractivity contribution in [3.63, 3.8) is 0 Å². The number of ether oxygens (including phenoxy) is 1. The number of thioether (sulfide) groups is 1. The number of halogens is 1. The minimum atomic E-state index is -0.0202. The Morgan fingerprint density at radius 1 is 1.50 bits per heavy atom. The van der Waals surface area contributed by atoms with E-state index in [1.165, 1.54) is 0 Å². The fourth-order valence-corrected chi connectivity index (χ4v) is 4.77. The van der Waals surface area contributed by atoms with Gasteiger partial charge in [-0.25, -0.2) is 0 Å². The van der Waals surface area contributed by atoms with Crippen LogP contribution in [0.5, 0.6) is 0 Å². The molecule has 3 rings (SSSR count). The number of benzene rings is 1. The molecule has 2 nitrogen and oxygen atoms in total. The predicted molar refractivity (Wildman–Crippen MR) is 86.6 cm³/mol. The van der Waals surface area contributed by atoms with Crippen molar-refractivity contribution in [2.24, 2.45) is 5.92 Å². The highest BCUT2D eigenvalue weighted by atomic mass is 79.9. The quantitative estimate of drug-likeness (QED) is 0.743. The first-order chi connectivity index (χ1) is 9.60. The Hall–Kier alpha value is -0.320. The molecule has 2 aliphatic rings. The number of ketones is 1. The summed E-state index contributed by atoms with van der Waals surface area (Å²) in [6, 6.07) is 5.91. The van der Waals surface area contributed by atoms with Gasteiger partial charge in [0, 0.05) is 28.3 Å². The molecule has 20 heavy (non-hydrogen) atoms. The van der Waals surface area contributed by atoms with Gasteiger partial charge in [-0.2, -0.15) is 11.8 Å². The van der Waals surface area contributed by atoms with Crippen LogP contribution in [0.25, 0.3) is 0 Å². The Morgan fingerprint density at radius 2 is 2.35 bits per heavy atom.